The molecular weight excluding hydrogens is 308 g/mol. The van der Waals surface area contributed by atoms with Gasteiger partial charge in [-0.05, 0) is 18.9 Å². The van der Waals surface area contributed by atoms with Crippen molar-refractivity contribution in [1.82, 2.24) is 20.2 Å². The first-order valence-corrected chi connectivity index (χ1v) is 8.18. The lowest BCUT2D eigenvalue weighted by Gasteiger charge is -2.15. The number of fused-ring (bicyclic) bond motifs is 1. The predicted octanol–water partition coefficient (Wildman–Crippen LogP) is 0.664. The Morgan fingerprint density at radius 1 is 1.29 bits per heavy atom. The molecule has 2 fully saturated rings. The second-order valence-electron chi connectivity index (χ2n) is 6.49. The molecule has 7 nitrogen and oxygen atoms in total. The number of para-hydroxylation sites is 1. The number of nitrogens with zero attached hydrogens (tertiary/aromatic N) is 2. The first kappa shape index (κ1) is 14.9. The Morgan fingerprint density at radius 3 is 2.88 bits per heavy atom. The molecule has 0 spiro atoms. The number of likely N-dealkylation sites (tertiary alicyclic amines) is 1. The van der Waals surface area contributed by atoms with Crippen LogP contribution in [0.3, 0.4) is 0 Å². The van der Waals surface area contributed by atoms with Gasteiger partial charge in [-0.25, -0.2) is 4.79 Å². The molecule has 1 aliphatic heterocycles. The summed E-state index contributed by atoms with van der Waals surface area (Å²) in [5.41, 5.74) is 0.158. The van der Waals surface area contributed by atoms with E-state index in [0.29, 0.717) is 36.5 Å². The van der Waals surface area contributed by atoms with E-state index < -0.39 is 5.69 Å². The Hall–Kier alpha value is -2.70. The van der Waals surface area contributed by atoms with Gasteiger partial charge in [0.25, 0.3) is 5.91 Å². The van der Waals surface area contributed by atoms with Gasteiger partial charge in [0.15, 0.2) is 0 Å². The number of amides is 2. The van der Waals surface area contributed by atoms with Crippen molar-refractivity contribution < 1.29 is 9.59 Å². The van der Waals surface area contributed by atoms with E-state index in [1.807, 2.05) is 4.90 Å². The van der Waals surface area contributed by atoms with E-state index in [-0.39, 0.29) is 23.4 Å². The van der Waals surface area contributed by atoms with Crippen molar-refractivity contribution in [2.24, 2.45) is 5.92 Å². The summed E-state index contributed by atoms with van der Waals surface area (Å²) in [6.45, 7) is 1.12. The molecular formula is C17H18N4O3. The number of hydrogen-bond acceptors (Lipinski definition) is 4. The van der Waals surface area contributed by atoms with Crippen LogP contribution in [0.1, 0.15) is 29.8 Å². The van der Waals surface area contributed by atoms with E-state index >= 15 is 0 Å². The van der Waals surface area contributed by atoms with Crippen LogP contribution in [-0.2, 0) is 4.79 Å². The molecule has 1 aromatic heterocycles. The molecule has 0 bridgehead atoms. The van der Waals surface area contributed by atoms with Gasteiger partial charge in [0.1, 0.15) is 5.69 Å². The summed E-state index contributed by atoms with van der Waals surface area (Å²) in [6, 6.07) is 7.48. The molecule has 4 rings (SSSR count). The van der Waals surface area contributed by atoms with Crippen LogP contribution in [0.15, 0.2) is 29.1 Å². The van der Waals surface area contributed by atoms with E-state index in [1.165, 1.54) is 0 Å². The van der Waals surface area contributed by atoms with E-state index in [9.17, 15) is 14.4 Å². The Bertz CT molecular complexity index is 872. The summed E-state index contributed by atoms with van der Waals surface area (Å²) < 4.78 is 0. The van der Waals surface area contributed by atoms with Crippen LogP contribution in [0.2, 0.25) is 0 Å². The van der Waals surface area contributed by atoms with Crippen molar-refractivity contribution >= 4 is 22.7 Å². The van der Waals surface area contributed by atoms with Gasteiger partial charge < -0.3 is 15.2 Å². The summed E-state index contributed by atoms with van der Waals surface area (Å²) >= 11 is 0. The molecule has 1 atom stereocenters. The smallest absolute Gasteiger partial charge is 0.346 e. The normalized spacial score (nSPS) is 20.6. The van der Waals surface area contributed by atoms with Crippen LogP contribution < -0.4 is 11.0 Å². The quantitative estimate of drug-likeness (QED) is 0.863. The highest BCUT2D eigenvalue weighted by Crippen LogP contribution is 2.32. The van der Waals surface area contributed by atoms with Crippen LogP contribution >= 0.6 is 0 Å². The van der Waals surface area contributed by atoms with Crippen molar-refractivity contribution in [2.75, 3.05) is 13.1 Å². The van der Waals surface area contributed by atoms with Gasteiger partial charge in [0.05, 0.1) is 5.52 Å². The van der Waals surface area contributed by atoms with E-state index in [4.69, 9.17) is 0 Å². The highest BCUT2D eigenvalue weighted by Gasteiger charge is 2.39. The molecule has 1 aliphatic carbocycles. The van der Waals surface area contributed by atoms with Gasteiger partial charge in [-0.3, -0.25) is 9.59 Å². The zero-order chi connectivity index (χ0) is 16.7. The van der Waals surface area contributed by atoms with Gasteiger partial charge in [-0.15, -0.1) is 0 Å². The highest BCUT2D eigenvalue weighted by molar-refractivity contribution is 6.04. The van der Waals surface area contributed by atoms with Gasteiger partial charge in [0.2, 0.25) is 5.91 Å². The number of hydrogen-bond donors (Lipinski definition) is 2. The third kappa shape index (κ3) is 2.77. The lowest BCUT2D eigenvalue weighted by atomic mass is 10.1. The number of nitrogens with one attached hydrogen (secondary N) is 2. The first-order valence-electron chi connectivity index (χ1n) is 8.18. The van der Waals surface area contributed by atoms with Gasteiger partial charge >= 0.3 is 5.69 Å². The monoisotopic (exact) mass is 326 g/mol. The second kappa shape index (κ2) is 5.74. The maximum atomic E-state index is 12.5. The highest BCUT2D eigenvalue weighted by atomic mass is 16.2. The summed E-state index contributed by atoms with van der Waals surface area (Å²) in [5, 5.41) is 3.44. The number of benzene rings is 1. The second-order valence-corrected chi connectivity index (χ2v) is 6.49. The summed E-state index contributed by atoms with van der Waals surface area (Å²) in [4.78, 5) is 44.4. The van der Waals surface area contributed by atoms with Crippen molar-refractivity contribution in [3.05, 3.63) is 40.4 Å². The standard InChI is InChI=1S/C17H18N4O3/c22-14-7-10(9-21(14)11-5-6-11)8-18-16(23)15-12-3-1-2-4-13(12)19-17(24)20-15/h1-4,10-11H,5-9H2,(H,18,23)(H,19,20,24)/t10-/m0/s1. The third-order valence-corrected chi connectivity index (χ3v) is 4.63. The minimum absolute atomic E-state index is 0.121. The van der Waals surface area contributed by atoms with Gasteiger partial charge in [-0.2, -0.15) is 4.98 Å². The molecule has 1 saturated carbocycles. The van der Waals surface area contributed by atoms with E-state index in [1.54, 1.807) is 24.3 Å². The molecule has 24 heavy (non-hydrogen) atoms. The molecule has 2 heterocycles. The topological polar surface area (TPSA) is 95.2 Å². The number of aromatic amines is 1. The van der Waals surface area contributed by atoms with Gasteiger partial charge in [0, 0.05) is 36.9 Å². The first-order chi connectivity index (χ1) is 11.6. The lowest BCUT2D eigenvalue weighted by molar-refractivity contribution is -0.128. The molecule has 1 saturated heterocycles. The van der Waals surface area contributed by atoms with Crippen LogP contribution in [0.5, 0.6) is 0 Å². The Morgan fingerprint density at radius 2 is 2.08 bits per heavy atom. The van der Waals surface area contributed by atoms with Crippen LogP contribution in [0, 0.1) is 5.92 Å². The Balaban J connectivity index is 1.47. The largest absolute Gasteiger partial charge is 0.350 e. The number of aromatic nitrogens is 2. The zero-order valence-corrected chi connectivity index (χ0v) is 13.1. The molecule has 2 aromatic rings. The van der Waals surface area contributed by atoms with Crippen molar-refractivity contribution in [1.29, 1.82) is 0 Å². The number of rotatable bonds is 4. The van der Waals surface area contributed by atoms with E-state index in [2.05, 4.69) is 15.3 Å². The number of carbonyl (C=O) groups excluding carboxylic acids is 2. The average Bonchev–Trinajstić information content (AvgIpc) is 3.35. The molecule has 2 amide bonds. The average molecular weight is 326 g/mol. The Labute approximate surface area is 138 Å². The molecule has 124 valence electrons. The Kier molecular flexibility index (Phi) is 3.55. The molecule has 0 unspecified atom stereocenters. The maximum absolute atomic E-state index is 12.5. The number of H-pyrrole nitrogens is 1. The number of carbonyl (C=O) groups is 2. The maximum Gasteiger partial charge on any atom is 0.346 e. The molecule has 7 heteroatoms. The van der Waals surface area contributed by atoms with E-state index in [0.717, 1.165) is 12.8 Å². The predicted molar refractivity (Wildman–Crippen MR) is 87.5 cm³/mol. The third-order valence-electron chi connectivity index (χ3n) is 4.63. The van der Waals surface area contributed by atoms with Crippen molar-refractivity contribution in [3.63, 3.8) is 0 Å². The molecule has 2 N–H and O–H groups in total. The van der Waals surface area contributed by atoms with Crippen LogP contribution in [0.25, 0.3) is 10.9 Å². The van der Waals surface area contributed by atoms with Crippen molar-refractivity contribution in [2.45, 2.75) is 25.3 Å². The molecule has 1 aromatic carbocycles. The summed E-state index contributed by atoms with van der Waals surface area (Å²) in [7, 11) is 0. The fourth-order valence-electron chi connectivity index (χ4n) is 3.28. The zero-order valence-electron chi connectivity index (χ0n) is 13.1. The van der Waals surface area contributed by atoms with Crippen LogP contribution in [0.4, 0.5) is 0 Å². The summed E-state index contributed by atoms with van der Waals surface area (Å²) in [5.74, 6) is -0.0820. The van der Waals surface area contributed by atoms with Crippen molar-refractivity contribution in [3.8, 4) is 0 Å². The SMILES string of the molecule is O=C(NC[C@@H]1CC(=O)N(C2CC2)C1)c1nc(=O)[nH]c2ccccc12. The fraction of sp³-hybridized carbons (Fsp3) is 0.412. The minimum atomic E-state index is -0.546. The fourth-order valence-corrected chi connectivity index (χ4v) is 3.28. The van der Waals surface area contributed by atoms with Gasteiger partial charge in [-0.1, -0.05) is 18.2 Å². The summed E-state index contributed by atoms with van der Waals surface area (Å²) in [6.07, 6.45) is 2.65. The minimum Gasteiger partial charge on any atom is -0.350 e. The van der Waals surface area contributed by atoms with Crippen LogP contribution in [-0.4, -0.2) is 45.8 Å². The lowest BCUT2D eigenvalue weighted by Crippen LogP contribution is -2.33. The molecule has 0 radical (unpaired) electrons. The molecule has 2 aliphatic rings.